The van der Waals surface area contributed by atoms with Crippen LogP contribution in [0.25, 0.3) is 15.9 Å². The number of ether oxygens (including phenoxy) is 1. The number of fused-ring (bicyclic) bond motifs is 3. The lowest BCUT2D eigenvalue weighted by atomic mass is 9.72. The zero-order chi connectivity index (χ0) is 25.4. The first-order valence-corrected chi connectivity index (χ1v) is 14.0. The predicted molar refractivity (Wildman–Crippen MR) is 148 cm³/mol. The molecule has 2 heterocycles. The number of benzene rings is 2. The summed E-state index contributed by atoms with van der Waals surface area (Å²) in [5.41, 5.74) is 2.69. The Morgan fingerprint density at radius 2 is 1.86 bits per heavy atom. The fourth-order valence-electron chi connectivity index (χ4n) is 4.84. The largest absolute Gasteiger partial charge is 0.497 e. The zero-order valence-electron chi connectivity index (χ0n) is 21.0. The number of ketones is 1. The van der Waals surface area contributed by atoms with Gasteiger partial charge in [0.15, 0.2) is 10.9 Å². The SMILES string of the molecule is COc1ccc(-n2c(SCC(=O)c3ccccc3)nc3sc4c(c3c2=O)CC[C@H](C(C)(C)C)C4)cc1. The van der Waals surface area contributed by atoms with Crippen LogP contribution in [0.1, 0.15) is 48.0 Å². The molecule has 0 bridgehead atoms. The number of aromatic nitrogens is 2. The molecular weight excluding hydrogens is 488 g/mol. The molecular formula is C29H30N2O3S2. The molecule has 0 saturated heterocycles. The van der Waals surface area contributed by atoms with E-state index in [1.54, 1.807) is 23.0 Å². The number of thioether (sulfide) groups is 1. The Hall–Kier alpha value is -2.90. The molecule has 2 aromatic heterocycles. The molecule has 0 saturated carbocycles. The Morgan fingerprint density at radius 1 is 1.14 bits per heavy atom. The summed E-state index contributed by atoms with van der Waals surface area (Å²) >= 11 is 2.96. The third-order valence-electron chi connectivity index (χ3n) is 7.04. The van der Waals surface area contributed by atoms with Crippen LogP contribution in [0.5, 0.6) is 5.75 Å². The minimum atomic E-state index is -0.0634. The average Bonchev–Trinajstić information content (AvgIpc) is 3.25. The standard InChI is InChI=1S/C29H30N2O3S2/c1-29(2,3)19-10-15-22-24(16-19)36-26-25(22)27(33)31(20-11-13-21(34-4)14-12-20)28(30-26)35-17-23(32)18-8-6-5-7-9-18/h5-9,11-14,19H,10,15-17H2,1-4H3/t19-/m0/s1. The van der Waals surface area contributed by atoms with Gasteiger partial charge in [0.25, 0.3) is 5.56 Å². The highest BCUT2D eigenvalue weighted by atomic mass is 32.2. The maximum atomic E-state index is 14.0. The van der Waals surface area contributed by atoms with Gasteiger partial charge in [-0.3, -0.25) is 14.2 Å². The number of hydrogen-bond donors (Lipinski definition) is 0. The number of rotatable bonds is 6. The van der Waals surface area contributed by atoms with Crippen molar-refractivity contribution in [3.63, 3.8) is 0 Å². The highest BCUT2D eigenvalue weighted by Gasteiger charge is 2.32. The molecule has 0 fully saturated rings. The monoisotopic (exact) mass is 518 g/mol. The van der Waals surface area contributed by atoms with Gasteiger partial charge in [0.05, 0.1) is 23.9 Å². The summed E-state index contributed by atoms with van der Waals surface area (Å²) in [6.45, 7) is 6.89. The summed E-state index contributed by atoms with van der Waals surface area (Å²) in [4.78, 5) is 33.9. The third-order valence-corrected chi connectivity index (χ3v) is 9.12. The van der Waals surface area contributed by atoms with Crippen LogP contribution in [0.15, 0.2) is 64.5 Å². The van der Waals surface area contributed by atoms with Crippen LogP contribution in [-0.4, -0.2) is 28.2 Å². The van der Waals surface area contributed by atoms with E-state index in [9.17, 15) is 9.59 Å². The van der Waals surface area contributed by atoms with Gasteiger partial charge < -0.3 is 4.74 Å². The molecule has 0 unspecified atom stereocenters. The fraction of sp³-hybridized carbons (Fsp3) is 0.345. The van der Waals surface area contributed by atoms with Crippen molar-refractivity contribution in [3.05, 3.63) is 81.0 Å². The zero-order valence-corrected chi connectivity index (χ0v) is 22.7. The number of hydrogen-bond acceptors (Lipinski definition) is 6. The first kappa shape index (κ1) is 24.8. The van der Waals surface area contributed by atoms with Crippen LogP contribution in [0.4, 0.5) is 0 Å². The van der Waals surface area contributed by atoms with Crippen molar-refractivity contribution < 1.29 is 9.53 Å². The smallest absolute Gasteiger partial charge is 0.267 e. The molecule has 7 heteroatoms. The Morgan fingerprint density at radius 3 is 2.53 bits per heavy atom. The second-order valence-electron chi connectivity index (χ2n) is 10.3. The average molecular weight is 519 g/mol. The molecule has 0 radical (unpaired) electrons. The second-order valence-corrected chi connectivity index (χ2v) is 12.3. The number of carbonyl (C=O) groups excluding carboxylic acids is 1. The van der Waals surface area contributed by atoms with E-state index < -0.39 is 0 Å². The molecule has 186 valence electrons. The van der Waals surface area contributed by atoms with Crippen molar-refractivity contribution in [2.75, 3.05) is 12.9 Å². The maximum absolute atomic E-state index is 14.0. The van der Waals surface area contributed by atoms with Crippen molar-refractivity contribution >= 4 is 39.1 Å². The Labute approximate surface area is 219 Å². The second kappa shape index (κ2) is 9.87. The summed E-state index contributed by atoms with van der Waals surface area (Å²) in [6, 6.07) is 16.6. The summed E-state index contributed by atoms with van der Waals surface area (Å²) in [6.07, 6.45) is 2.96. The van der Waals surface area contributed by atoms with Crippen molar-refractivity contribution in [1.29, 1.82) is 0 Å². The molecule has 1 atom stereocenters. The van der Waals surface area contributed by atoms with Gasteiger partial charge in [-0.1, -0.05) is 62.9 Å². The quantitative estimate of drug-likeness (QED) is 0.164. The number of Topliss-reactive ketones (excluding diaryl/α,β-unsaturated/α-hetero) is 1. The van der Waals surface area contributed by atoms with E-state index in [2.05, 4.69) is 20.8 Å². The van der Waals surface area contributed by atoms with Crippen LogP contribution in [0.2, 0.25) is 0 Å². The lowest BCUT2D eigenvalue weighted by Crippen LogP contribution is -2.27. The van der Waals surface area contributed by atoms with Gasteiger partial charge in [-0.05, 0) is 60.4 Å². The molecule has 2 aromatic carbocycles. The van der Waals surface area contributed by atoms with Crippen molar-refractivity contribution in [2.24, 2.45) is 11.3 Å². The summed E-state index contributed by atoms with van der Waals surface area (Å²) in [5.74, 6) is 1.51. The molecule has 5 rings (SSSR count). The minimum absolute atomic E-state index is 0.00900. The van der Waals surface area contributed by atoms with Crippen molar-refractivity contribution in [3.8, 4) is 11.4 Å². The number of aryl methyl sites for hydroxylation is 1. The number of nitrogens with zero attached hydrogens (tertiary/aromatic N) is 2. The van der Waals surface area contributed by atoms with Gasteiger partial charge in [-0.15, -0.1) is 11.3 Å². The van der Waals surface area contributed by atoms with E-state index in [-0.39, 0.29) is 22.5 Å². The first-order chi connectivity index (χ1) is 17.3. The highest BCUT2D eigenvalue weighted by Crippen LogP contribution is 2.42. The van der Waals surface area contributed by atoms with Crippen molar-refractivity contribution in [2.45, 2.75) is 45.2 Å². The first-order valence-electron chi connectivity index (χ1n) is 12.2. The maximum Gasteiger partial charge on any atom is 0.267 e. The van der Waals surface area contributed by atoms with Gasteiger partial charge >= 0.3 is 0 Å². The summed E-state index contributed by atoms with van der Waals surface area (Å²) in [5, 5.41) is 1.27. The number of carbonyl (C=O) groups is 1. The highest BCUT2D eigenvalue weighted by molar-refractivity contribution is 7.99. The summed E-state index contributed by atoms with van der Waals surface area (Å²) < 4.78 is 6.97. The topological polar surface area (TPSA) is 61.2 Å². The molecule has 0 amide bonds. The van der Waals surface area contributed by atoms with E-state index in [1.807, 2.05) is 54.6 Å². The van der Waals surface area contributed by atoms with E-state index in [1.165, 1.54) is 16.6 Å². The Balaban J connectivity index is 1.59. The van der Waals surface area contributed by atoms with Gasteiger partial charge in [-0.2, -0.15) is 0 Å². The third kappa shape index (κ3) is 4.74. The van der Waals surface area contributed by atoms with Gasteiger partial charge in [0, 0.05) is 10.4 Å². The summed E-state index contributed by atoms with van der Waals surface area (Å²) in [7, 11) is 1.62. The number of methoxy groups -OCH3 is 1. The lowest BCUT2D eigenvalue weighted by molar-refractivity contribution is 0.102. The van der Waals surface area contributed by atoms with Crippen LogP contribution < -0.4 is 10.3 Å². The molecule has 0 N–H and O–H groups in total. The van der Waals surface area contributed by atoms with Crippen LogP contribution in [0, 0.1) is 11.3 Å². The van der Waals surface area contributed by atoms with Gasteiger partial charge in [0.2, 0.25) is 0 Å². The molecule has 0 spiro atoms. The predicted octanol–water partition coefficient (Wildman–Crippen LogP) is 6.58. The molecule has 5 nitrogen and oxygen atoms in total. The molecule has 1 aliphatic carbocycles. The van der Waals surface area contributed by atoms with E-state index >= 15 is 0 Å². The van der Waals surface area contributed by atoms with Crippen LogP contribution in [0.3, 0.4) is 0 Å². The number of thiophene rings is 1. The molecule has 0 aliphatic heterocycles. The van der Waals surface area contributed by atoms with Crippen molar-refractivity contribution in [1.82, 2.24) is 9.55 Å². The van der Waals surface area contributed by atoms with E-state index in [0.717, 1.165) is 40.8 Å². The fourth-order valence-corrected chi connectivity index (χ4v) is 7.09. The lowest BCUT2D eigenvalue weighted by Gasteiger charge is -2.33. The van der Waals surface area contributed by atoms with Crippen LogP contribution >= 0.6 is 23.1 Å². The van der Waals surface area contributed by atoms with E-state index in [4.69, 9.17) is 9.72 Å². The Kier molecular flexibility index (Phi) is 6.79. The van der Waals surface area contributed by atoms with Crippen LogP contribution in [-0.2, 0) is 12.8 Å². The minimum Gasteiger partial charge on any atom is -0.497 e. The Bertz CT molecular complexity index is 1470. The molecule has 1 aliphatic rings. The normalized spacial score (nSPS) is 15.6. The molecule has 4 aromatic rings. The van der Waals surface area contributed by atoms with Gasteiger partial charge in [-0.25, -0.2) is 4.98 Å². The molecule has 36 heavy (non-hydrogen) atoms. The van der Waals surface area contributed by atoms with E-state index in [0.29, 0.717) is 22.3 Å². The van der Waals surface area contributed by atoms with Gasteiger partial charge in [0.1, 0.15) is 10.6 Å².